The number of hydrogen-bond acceptors (Lipinski definition) is 2. The van der Waals surface area contributed by atoms with E-state index in [9.17, 15) is 0 Å². The highest BCUT2D eigenvalue weighted by molar-refractivity contribution is 4.83. The van der Waals surface area contributed by atoms with Crippen molar-refractivity contribution < 1.29 is 0 Å². The van der Waals surface area contributed by atoms with Crippen LogP contribution in [0.25, 0.3) is 0 Å². The first kappa shape index (κ1) is 11.0. The predicted molar refractivity (Wildman–Crippen MR) is 57.7 cm³/mol. The Morgan fingerprint density at radius 2 is 2.00 bits per heavy atom. The molecule has 3 unspecified atom stereocenters. The smallest absolute Gasteiger partial charge is 0.00795 e. The highest BCUT2D eigenvalue weighted by Gasteiger charge is 2.27. The van der Waals surface area contributed by atoms with Crippen LogP contribution in [0.4, 0.5) is 0 Å². The highest BCUT2D eigenvalue weighted by Crippen LogP contribution is 2.30. The van der Waals surface area contributed by atoms with Crippen molar-refractivity contribution in [3.8, 4) is 0 Å². The lowest BCUT2D eigenvalue weighted by molar-refractivity contribution is 0.186. The first-order chi connectivity index (χ1) is 6.13. The van der Waals surface area contributed by atoms with Gasteiger partial charge in [0.25, 0.3) is 0 Å². The second-order valence-electron chi connectivity index (χ2n) is 4.77. The van der Waals surface area contributed by atoms with Crippen molar-refractivity contribution in [1.82, 2.24) is 4.90 Å². The summed E-state index contributed by atoms with van der Waals surface area (Å²) in [6.45, 7) is 3.46. The van der Waals surface area contributed by atoms with Crippen molar-refractivity contribution >= 4 is 0 Å². The van der Waals surface area contributed by atoms with Crippen molar-refractivity contribution in [2.24, 2.45) is 17.6 Å². The molecule has 0 aliphatic heterocycles. The zero-order valence-corrected chi connectivity index (χ0v) is 9.29. The van der Waals surface area contributed by atoms with Crippen LogP contribution in [0.15, 0.2) is 0 Å². The van der Waals surface area contributed by atoms with Crippen LogP contribution in [0.3, 0.4) is 0 Å². The van der Waals surface area contributed by atoms with Gasteiger partial charge in [0, 0.05) is 12.6 Å². The molecule has 0 radical (unpaired) electrons. The van der Waals surface area contributed by atoms with Crippen LogP contribution in [0.5, 0.6) is 0 Å². The molecule has 3 atom stereocenters. The zero-order valence-electron chi connectivity index (χ0n) is 9.29. The van der Waals surface area contributed by atoms with Gasteiger partial charge < -0.3 is 10.6 Å². The highest BCUT2D eigenvalue weighted by atomic mass is 15.1. The SMILES string of the molecule is CCC1CCC(N)C(CN(C)C)C1. The number of nitrogens with two attached hydrogens (primary N) is 1. The van der Waals surface area contributed by atoms with E-state index in [1.165, 1.54) is 25.7 Å². The number of rotatable bonds is 3. The Hall–Kier alpha value is -0.0800. The van der Waals surface area contributed by atoms with E-state index >= 15 is 0 Å². The molecule has 2 heteroatoms. The molecule has 0 bridgehead atoms. The second-order valence-corrected chi connectivity index (χ2v) is 4.77. The van der Waals surface area contributed by atoms with Gasteiger partial charge >= 0.3 is 0 Å². The van der Waals surface area contributed by atoms with Crippen LogP contribution in [0, 0.1) is 11.8 Å². The summed E-state index contributed by atoms with van der Waals surface area (Å²) in [6, 6.07) is 0.449. The Morgan fingerprint density at radius 3 is 2.54 bits per heavy atom. The molecule has 1 aliphatic carbocycles. The summed E-state index contributed by atoms with van der Waals surface area (Å²) in [4.78, 5) is 2.27. The van der Waals surface area contributed by atoms with E-state index in [4.69, 9.17) is 5.73 Å². The Morgan fingerprint density at radius 1 is 1.31 bits per heavy atom. The summed E-state index contributed by atoms with van der Waals surface area (Å²) in [5.41, 5.74) is 6.12. The van der Waals surface area contributed by atoms with Crippen molar-refractivity contribution in [1.29, 1.82) is 0 Å². The first-order valence-corrected chi connectivity index (χ1v) is 5.53. The average molecular weight is 184 g/mol. The predicted octanol–water partition coefficient (Wildman–Crippen LogP) is 1.70. The third-order valence-electron chi connectivity index (χ3n) is 3.33. The van der Waals surface area contributed by atoms with Gasteiger partial charge in [0.15, 0.2) is 0 Å². The minimum Gasteiger partial charge on any atom is -0.327 e. The summed E-state index contributed by atoms with van der Waals surface area (Å²) in [7, 11) is 4.28. The average Bonchev–Trinajstić information content (AvgIpc) is 2.08. The lowest BCUT2D eigenvalue weighted by atomic mass is 9.77. The molecule has 0 saturated heterocycles. The van der Waals surface area contributed by atoms with Crippen LogP contribution in [0.2, 0.25) is 0 Å². The molecule has 1 fully saturated rings. The molecule has 0 amide bonds. The van der Waals surface area contributed by atoms with Crippen LogP contribution >= 0.6 is 0 Å². The van der Waals surface area contributed by atoms with E-state index in [2.05, 4.69) is 25.9 Å². The van der Waals surface area contributed by atoms with Gasteiger partial charge in [-0.1, -0.05) is 13.3 Å². The molecule has 1 saturated carbocycles. The van der Waals surface area contributed by atoms with E-state index < -0.39 is 0 Å². The number of hydrogen-bond donors (Lipinski definition) is 1. The van der Waals surface area contributed by atoms with Crippen LogP contribution in [0.1, 0.15) is 32.6 Å². The third-order valence-corrected chi connectivity index (χ3v) is 3.33. The van der Waals surface area contributed by atoms with Crippen molar-refractivity contribution in [2.75, 3.05) is 20.6 Å². The van der Waals surface area contributed by atoms with Gasteiger partial charge in [-0.05, 0) is 45.2 Å². The Labute approximate surface area is 82.5 Å². The van der Waals surface area contributed by atoms with Crippen LogP contribution in [-0.2, 0) is 0 Å². The van der Waals surface area contributed by atoms with Crippen molar-refractivity contribution in [3.05, 3.63) is 0 Å². The third kappa shape index (κ3) is 3.28. The summed E-state index contributed by atoms with van der Waals surface area (Å²) >= 11 is 0. The molecule has 0 spiro atoms. The van der Waals surface area contributed by atoms with E-state index in [1.807, 2.05) is 0 Å². The Bertz CT molecular complexity index is 145. The fourth-order valence-corrected chi connectivity index (χ4v) is 2.43. The molecular weight excluding hydrogens is 160 g/mol. The molecular formula is C11H24N2. The Kier molecular flexibility index (Phi) is 4.20. The fraction of sp³-hybridized carbons (Fsp3) is 1.00. The minimum absolute atomic E-state index is 0.449. The molecule has 1 rings (SSSR count). The molecule has 2 nitrogen and oxygen atoms in total. The summed E-state index contributed by atoms with van der Waals surface area (Å²) in [6.07, 6.45) is 5.26. The largest absolute Gasteiger partial charge is 0.327 e. The molecule has 0 aromatic carbocycles. The van der Waals surface area contributed by atoms with Gasteiger partial charge in [-0.15, -0.1) is 0 Å². The normalized spacial score (nSPS) is 35.3. The number of nitrogens with zero attached hydrogens (tertiary/aromatic N) is 1. The van der Waals surface area contributed by atoms with Gasteiger partial charge in [0.1, 0.15) is 0 Å². The van der Waals surface area contributed by atoms with E-state index in [-0.39, 0.29) is 0 Å². The van der Waals surface area contributed by atoms with E-state index in [0.29, 0.717) is 6.04 Å². The first-order valence-electron chi connectivity index (χ1n) is 5.53. The van der Waals surface area contributed by atoms with Crippen LogP contribution in [-0.4, -0.2) is 31.6 Å². The second kappa shape index (κ2) is 4.97. The monoisotopic (exact) mass is 184 g/mol. The van der Waals surface area contributed by atoms with Gasteiger partial charge in [0.05, 0.1) is 0 Å². The molecule has 2 N–H and O–H groups in total. The maximum atomic E-state index is 6.12. The summed E-state index contributed by atoms with van der Waals surface area (Å²) < 4.78 is 0. The molecule has 0 aromatic rings. The zero-order chi connectivity index (χ0) is 9.84. The van der Waals surface area contributed by atoms with Crippen molar-refractivity contribution in [3.63, 3.8) is 0 Å². The van der Waals surface area contributed by atoms with Gasteiger partial charge in [0.2, 0.25) is 0 Å². The Balaban J connectivity index is 2.40. The van der Waals surface area contributed by atoms with Crippen molar-refractivity contribution in [2.45, 2.75) is 38.6 Å². The molecule has 78 valence electrons. The standard InChI is InChI=1S/C11H24N2/c1-4-9-5-6-11(12)10(7-9)8-13(2)3/h9-11H,4-8,12H2,1-3H3. The molecule has 13 heavy (non-hydrogen) atoms. The molecule has 0 heterocycles. The van der Waals surface area contributed by atoms with Gasteiger partial charge in [-0.2, -0.15) is 0 Å². The summed E-state index contributed by atoms with van der Waals surface area (Å²) in [5.74, 6) is 1.67. The summed E-state index contributed by atoms with van der Waals surface area (Å²) in [5, 5.41) is 0. The lowest BCUT2D eigenvalue weighted by Gasteiger charge is -2.35. The van der Waals surface area contributed by atoms with E-state index in [1.54, 1.807) is 0 Å². The quantitative estimate of drug-likeness (QED) is 0.723. The van der Waals surface area contributed by atoms with Crippen LogP contribution < -0.4 is 5.73 Å². The topological polar surface area (TPSA) is 29.3 Å². The van der Waals surface area contributed by atoms with E-state index in [0.717, 1.165) is 18.4 Å². The lowest BCUT2D eigenvalue weighted by Crippen LogP contribution is -2.41. The molecule has 0 aromatic heterocycles. The maximum Gasteiger partial charge on any atom is 0.00795 e. The molecule has 1 aliphatic rings. The minimum atomic E-state index is 0.449. The maximum absolute atomic E-state index is 6.12. The fourth-order valence-electron chi connectivity index (χ4n) is 2.43. The van der Waals surface area contributed by atoms with Gasteiger partial charge in [-0.25, -0.2) is 0 Å². The van der Waals surface area contributed by atoms with Gasteiger partial charge in [-0.3, -0.25) is 0 Å².